The number of phenols is 1. The van der Waals surface area contributed by atoms with Crippen LogP contribution in [0.2, 0.25) is 0 Å². The van der Waals surface area contributed by atoms with E-state index in [9.17, 15) is 10.2 Å². The molecule has 2 bridgehead atoms. The highest BCUT2D eigenvalue weighted by molar-refractivity contribution is 5.49. The van der Waals surface area contributed by atoms with Crippen LogP contribution in [0.3, 0.4) is 0 Å². The van der Waals surface area contributed by atoms with Gasteiger partial charge in [-0.2, -0.15) is 0 Å². The van der Waals surface area contributed by atoms with Crippen molar-refractivity contribution in [1.29, 1.82) is 0 Å². The molecular formula is C23H34N2O3. The van der Waals surface area contributed by atoms with Gasteiger partial charge in [0.05, 0.1) is 19.3 Å². The maximum Gasteiger partial charge on any atom is 0.115 e. The summed E-state index contributed by atoms with van der Waals surface area (Å²) in [7, 11) is 0. The number of aliphatic hydroxyl groups excluding tert-OH is 1. The van der Waals surface area contributed by atoms with Gasteiger partial charge in [0.15, 0.2) is 0 Å². The number of hydrogen-bond donors (Lipinski definition) is 2. The van der Waals surface area contributed by atoms with Gasteiger partial charge in [0.2, 0.25) is 0 Å². The number of phenolic OH excluding ortho intramolecular Hbond substituents is 1. The van der Waals surface area contributed by atoms with E-state index in [0.29, 0.717) is 36.8 Å². The number of aromatic hydroxyl groups is 1. The fraction of sp³-hybridized carbons (Fsp3) is 0.652. The lowest BCUT2D eigenvalue weighted by Crippen LogP contribution is -2.49. The quantitative estimate of drug-likeness (QED) is 0.706. The van der Waals surface area contributed by atoms with Gasteiger partial charge in [0.1, 0.15) is 5.75 Å². The number of allylic oxidation sites excluding steroid dienone is 1. The van der Waals surface area contributed by atoms with Gasteiger partial charge in [0.25, 0.3) is 0 Å². The molecule has 2 N–H and O–H groups in total. The van der Waals surface area contributed by atoms with E-state index >= 15 is 0 Å². The van der Waals surface area contributed by atoms with Crippen LogP contribution in [0, 0.1) is 17.3 Å². The average molecular weight is 387 g/mol. The fourth-order valence-electron chi connectivity index (χ4n) is 5.16. The summed E-state index contributed by atoms with van der Waals surface area (Å²) >= 11 is 0. The summed E-state index contributed by atoms with van der Waals surface area (Å²) < 4.78 is 5.89. The van der Waals surface area contributed by atoms with Gasteiger partial charge in [-0.3, -0.25) is 4.90 Å². The summed E-state index contributed by atoms with van der Waals surface area (Å²) in [5.74, 6) is 1.83. The lowest BCUT2D eigenvalue weighted by Gasteiger charge is -2.56. The van der Waals surface area contributed by atoms with Gasteiger partial charge in [0, 0.05) is 38.4 Å². The Morgan fingerprint density at radius 1 is 1.14 bits per heavy atom. The van der Waals surface area contributed by atoms with Crippen molar-refractivity contribution in [3.05, 3.63) is 35.9 Å². The number of piperazine rings is 1. The molecule has 2 fully saturated rings. The van der Waals surface area contributed by atoms with E-state index < -0.39 is 6.10 Å². The zero-order valence-corrected chi connectivity index (χ0v) is 17.2. The highest BCUT2D eigenvalue weighted by Crippen LogP contribution is 2.59. The number of benzene rings is 1. The van der Waals surface area contributed by atoms with Crippen LogP contribution in [-0.2, 0) is 4.74 Å². The highest BCUT2D eigenvalue weighted by atomic mass is 16.5. The smallest absolute Gasteiger partial charge is 0.115 e. The predicted octanol–water partition coefficient (Wildman–Crippen LogP) is 2.88. The van der Waals surface area contributed by atoms with Crippen LogP contribution in [-0.4, -0.2) is 67.2 Å². The summed E-state index contributed by atoms with van der Waals surface area (Å²) in [6.07, 6.45) is 4.44. The Morgan fingerprint density at radius 3 is 2.50 bits per heavy atom. The molecule has 154 valence electrons. The van der Waals surface area contributed by atoms with E-state index in [4.69, 9.17) is 4.74 Å². The Labute approximate surface area is 168 Å². The van der Waals surface area contributed by atoms with E-state index in [1.807, 2.05) is 12.1 Å². The number of hydrogen-bond acceptors (Lipinski definition) is 5. The summed E-state index contributed by atoms with van der Waals surface area (Å²) in [5.41, 5.74) is 3.02. The van der Waals surface area contributed by atoms with E-state index in [2.05, 4.69) is 29.7 Å². The third-order valence-corrected chi connectivity index (χ3v) is 7.22. The summed E-state index contributed by atoms with van der Waals surface area (Å²) in [4.78, 5) is 4.63. The SMILES string of the molecule is CC1(C)C2CC=C(COCC(O)CN3CCN(c4ccc(O)cc4)CC3)C1C2. The maximum atomic E-state index is 10.4. The molecule has 0 spiro atoms. The van der Waals surface area contributed by atoms with Gasteiger partial charge in [-0.25, -0.2) is 0 Å². The molecule has 5 heteroatoms. The first-order chi connectivity index (χ1) is 13.4. The van der Waals surface area contributed by atoms with Gasteiger partial charge in [-0.15, -0.1) is 0 Å². The summed E-state index contributed by atoms with van der Waals surface area (Å²) in [5, 5.41) is 19.8. The molecule has 4 aliphatic rings. The van der Waals surface area contributed by atoms with Crippen LogP contribution < -0.4 is 4.90 Å². The van der Waals surface area contributed by atoms with E-state index in [-0.39, 0.29) is 0 Å². The average Bonchev–Trinajstić information content (AvgIpc) is 2.69. The first kappa shape index (κ1) is 19.7. The molecule has 3 aliphatic carbocycles. The minimum absolute atomic E-state index is 0.301. The molecule has 28 heavy (non-hydrogen) atoms. The third-order valence-electron chi connectivity index (χ3n) is 7.22. The molecule has 5 nitrogen and oxygen atoms in total. The zero-order chi connectivity index (χ0) is 19.7. The Hall–Kier alpha value is -1.56. The van der Waals surface area contributed by atoms with Crippen LogP contribution >= 0.6 is 0 Å². The van der Waals surface area contributed by atoms with Crippen molar-refractivity contribution in [2.75, 3.05) is 50.8 Å². The number of fused-ring (bicyclic) bond motifs is 1. The van der Waals surface area contributed by atoms with Gasteiger partial charge >= 0.3 is 0 Å². The number of ether oxygens (including phenoxy) is 1. The van der Waals surface area contributed by atoms with Crippen molar-refractivity contribution in [2.45, 2.75) is 32.8 Å². The van der Waals surface area contributed by atoms with Crippen LogP contribution in [0.1, 0.15) is 26.7 Å². The number of β-amino-alcohol motifs (C(OH)–C–C–N with tert-alkyl or cyclic N) is 1. The second-order valence-corrected chi connectivity index (χ2v) is 9.29. The molecule has 1 heterocycles. The van der Waals surface area contributed by atoms with Gasteiger partial charge in [-0.05, 0) is 59.9 Å². The minimum Gasteiger partial charge on any atom is -0.508 e. The third kappa shape index (κ3) is 4.07. The molecule has 5 rings (SSSR count). The number of anilines is 1. The highest BCUT2D eigenvalue weighted by Gasteiger charge is 2.50. The van der Waals surface area contributed by atoms with Gasteiger partial charge in [-0.1, -0.05) is 19.9 Å². The number of aliphatic hydroxyl groups is 1. The molecule has 3 atom stereocenters. The second kappa shape index (κ2) is 8.05. The number of nitrogens with zero attached hydrogens (tertiary/aromatic N) is 2. The largest absolute Gasteiger partial charge is 0.508 e. The van der Waals surface area contributed by atoms with Gasteiger partial charge < -0.3 is 19.8 Å². The van der Waals surface area contributed by atoms with Crippen LogP contribution in [0.15, 0.2) is 35.9 Å². The van der Waals surface area contributed by atoms with Crippen LogP contribution in [0.4, 0.5) is 5.69 Å². The number of rotatable bonds is 7. The first-order valence-electron chi connectivity index (χ1n) is 10.6. The fourth-order valence-corrected chi connectivity index (χ4v) is 5.16. The molecule has 0 amide bonds. The van der Waals surface area contributed by atoms with E-state index in [1.165, 1.54) is 18.4 Å². The summed E-state index contributed by atoms with van der Waals surface area (Å²) in [6.45, 7) is 10.2. The monoisotopic (exact) mass is 386 g/mol. The summed E-state index contributed by atoms with van der Waals surface area (Å²) in [6, 6.07) is 7.38. The maximum absolute atomic E-state index is 10.4. The lowest BCUT2D eigenvalue weighted by atomic mass is 9.49. The zero-order valence-electron chi connectivity index (χ0n) is 17.2. The molecule has 1 saturated carbocycles. The van der Waals surface area contributed by atoms with E-state index in [0.717, 1.165) is 37.8 Å². The Kier molecular flexibility index (Phi) is 5.68. The van der Waals surface area contributed by atoms with Crippen molar-refractivity contribution in [2.24, 2.45) is 17.3 Å². The minimum atomic E-state index is -0.438. The Morgan fingerprint density at radius 2 is 1.86 bits per heavy atom. The lowest BCUT2D eigenvalue weighted by molar-refractivity contribution is -0.0262. The molecule has 1 saturated heterocycles. The molecule has 1 aliphatic heterocycles. The molecule has 1 aromatic carbocycles. The van der Waals surface area contributed by atoms with Crippen LogP contribution in [0.5, 0.6) is 5.75 Å². The van der Waals surface area contributed by atoms with E-state index in [1.54, 1.807) is 12.1 Å². The molecule has 3 unspecified atom stereocenters. The molecule has 0 radical (unpaired) electrons. The first-order valence-corrected chi connectivity index (χ1v) is 10.6. The Bertz CT molecular complexity index is 692. The van der Waals surface area contributed by atoms with Crippen molar-refractivity contribution in [3.8, 4) is 5.75 Å². The second-order valence-electron chi connectivity index (χ2n) is 9.29. The standard InChI is InChI=1S/C23H34N2O3/c1-23(2)18-4-3-17(22(23)13-18)15-28-16-21(27)14-24-9-11-25(12-10-24)19-5-7-20(26)8-6-19/h3,5-8,18,21-22,26-27H,4,9-16H2,1-2H3. The van der Waals surface area contributed by atoms with Crippen molar-refractivity contribution >= 4 is 5.69 Å². The van der Waals surface area contributed by atoms with Crippen LogP contribution in [0.25, 0.3) is 0 Å². The topological polar surface area (TPSA) is 56.2 Å². The van der Waals surface area contributed by atoms with Crippen molar-refractivity contribution < 1.29 is 14.9 Å². The molecule has 0 aromatic heterocycles. The van der Waals surface area contributed by atoms with Crippen molar-refractivity contribution in [1.82, 2.24) is 4.90 Å². The molecule has 1 aromatic rings. The van der Waals surface area contributed by atoms with Crippen molar-refractivity contribution in [3.63, 3.8) is 0 Å². The predicted molar refractivity (Wildman–Crippen MR) is 112 cm³/mol. The normalized spacial score (nSPS) is 27.8. The Balaban J connectivity index is 1.16. The molecular weight excluding hydrogens is 352 g/mol.